The highest BCUT2D eigenvalue weighted by Crippen LogP contribution is 2.17. The summed E-state index contributed by atoms with van der Waals surface area (Å²) in [5, 5.41) is 0. The molecule has 0 rings (SSSR count). The average Bonchev–Trinajstić information content (AvgIpc) is 2.40. The molecule has 0 unspecified atom stereocenters. The van der Waals surface area contributed by atoms with Gasteiger partial charge in [0.05, 0.1) is 26.4 Å². The standard InChI is InChI=1S/C14H22O4/c1-5-9-15-13-14(16-10-6-2,17-11-7-3)18-12-8-4/h5-8H,1-4,9-13H2. The Hall–Kier alpha value is -1.20. The van der Waals surface area contributed by atoms with Crippen LogP contribution in [0.25, 0.3) is 0 Å². The van der Waals surface area contributed by atoms with Gasteiger partial charge in [0.1, 0.15) is 6.61 Å². The van der Waals surface area contributed by atoms with Crippen molar-refractivity contribution >= 4 is 0 Å². The minimum Gasteiger partial charge on any atom is -0.369 e. The fourth-order valence-electron chi connectivity index (χ4n) is 1.07. The van der Waals surface area contributed by atoms with Gasteiger partial charge >= 0.3 is 5.97 Å². The number of ether oxygens (including phenoxy) is 4. The first-order valence-electron chi connectivity index (χ1n) is 5.68. The van der Waals surface area contributed by atoms with Gasteiger partial charge in [0.2, 0.25) is 0 Å². The zero-order valence-corrected chi connectivity index (χ0v) is 10.8. The maximum atomic E-state index is 5.51. The summed E-state index contributed by atoms with van der Waals surface area (Å²) >= 11 is 0. The van der Waals surface area contributed by atoms with Crippen molar-refractivity contribution in [2.45, 2.75) is 5.97 Å². The van der Waals surface area contributed by atoms with Crippen molar-refractivity contribution in [3.63, 3.8) is 0 Å². The second kappa shape index (κ2) is 10.9. The van der Waals surface area contributed by atoms with E-state index in [9.17, 15) is 0 Å². The molecular weight excluding hydrogens is 232 g/mol. The fourth-order valence-corrected chi connectivity index (χ4v) is 1.07. The maximum absolute atomic E-state index is 5.51. The quantitative estimate of drug-likeness (QED) is 0.287. The molecule has 0 atom stereocenters. The Morgan fingerprint density at radius 3 is 1.39 bits per heavy atom. The Morgan fingerprint density at radius 1 is 0.667 bits per heavy atom. The molecule has 0 bridgehead atoms. The second-order valence-electron chi connectivity index (χ2n) is 3.29. The smallest absolute Gasteiger partial charge is 0.308 e. The molecule has 0 aliphatic heterocycles. The predicted molar refractivity (Wildman–Crippen MR) is 72.2 cm³/mol. The van der Waals surface area contributed by atoms with E-state index in [1.165, 1.54) is 0 Å². The summed E-state index contributed by atoms with van der Waals surface area (Å²) in [7, 11) is 0. The lowest BCUT2D eigenvalue weighted by Gasteiger charge is -2.31. The monoisotopic (exact) mass is 254 g/mol. The predicted octanol–water partition coefficient (Wildman–Crippen LogP) is 2.45. The highest BCUT2D eigenvalue weighted by Gasteiger charge is 2.33. The van der Waals surface area contributed by atoms with E-state index in [1.54, 1.807) is 24.3 Å². The lowest BCUT2D eigenvalue weighted by Crippen LogP contribution is -2.44. The Labute approximate surface area is 109 Å². The third-order valence-electron chi connectivity index (χ3n) is 1.78. The van der Waals surface area contributed by atoms with Crippen LogP contribution < -0.4 is 0 Å². The fraction of sp³-hybridized carbons (Fsp3) is 0.429. The Bertz CT molecular complexity index is 229. The van der Waals surface area contributed by atoms with Crippen molar-refractivity contribution in [1.82, 2.24) is 0 Å². The molecule has 102 valence electrons. The average molecular weight is 254 g/mol. The van der Waals surface area contributed by atoms with E-state index in [0.717, 1.165) is 0 Å². The Morgan fingerprint density at radius 2 is 1.06 bits per heavy atom. The van der Waals surface area contributed by atoms with Crippen LogP contribution in [0, 0.1) is 0 Å². The maximum Gasteiger partial charge on any atom is 0.308 e. The first-order chi connectivity index (χ1) is 8.74. The third-order valence-corrected chi connectivity index (χ3v) is 1.78. The van der Waals surface area contributed by atoms with Gasteiger partial charge < -0.3 is 18.9 Å². The topological polar surface area (TPSA) is 36.9 Å². The summed E-state index contributed by atoms with van der Waals surface area (Å²) in [6, 6.07) is 0. The minimum absolute atomic E-state index is 0.120. The molecule has 0 aromatic carbocycles. The van der Waals surface area contributed by atoms with Gasteiger partial charge in [-0.3, -0.25) is 0 Å². The van der Waals surface area contributed by atoms with Crippen molar-refractivity contribution in [2.24, 2.45) is 0 Å². The summed E-state index contributed by atoms with van der Waals surface area (Å²) in [6.07, 6.45) is 6.46. The molecule has 0 fully saturated rings. The SMILES string of the molecule is C=CCOCC(OCC=C)(OCC=C)OCC=C. The molecule has 0 spiro atoms. The first-order valence-corrected chi connectivity index (χ1v) is 5.68. The van der Waals surface area contributed by atoms with Crippen molar-refractivity contribution < 1.29 is 18.9 Å². The van der Waals surface area contributed by atoms with E-state index in [2.05, 4.69) is 26.3 Å². The van der Waals surface area contributed by atoms with Crippen LogP contribution in [0.1, 0.15) is 0 Å². The van der Waals surface area contributed by atoms with Crippen LogP contribution >= 0.6 is 0 Å². The molecule has 4 nitrogen and oxygen atoms in total. The van der Waals surface area contributed by atoms with E-state index in [0.29, 0.717) is 6.61 Å². The Kier molecular flexibility index (Phi) is 10.2. The molecular formula is C14H22O4. The molecule has 0 aromatic rings. The zero-order valence-electron chi connectivity index (χ0n) is 10.8. The van der Waals surface area contributed by atoms with E-state index in [1.807, 2.05) is 0 Å². The van der Waals surface area contributed by atoms with Crippen LogP contribution in [0.3, 0.4) is 0 Å². The van der Waals surface area contributed by atoms with Crippen molar-refractivity contribution in [1.29, 1.82) is 0 Å². The van der Waals surface area contributed by atoms with E-state index in [-0.39, 0.29) is 26.4 Å². The van der Waals surface area contributed by atoms with Gasteiger partial charge in [-0.1, -0.05) is 24.3 Å². The molecule has 0 aromatic heterocycles. The van der Waals surface area contributed by atoms with Crippen LogP contribution in [0.15, 0.2) is 50.6 Å². The van der Waals surface area contributed by atoms with Crippen LogP contribution in [0.5, 0.6) is 0 Å². The normalized spacial score (nSPS) is 10.9. The lowest BCUT2D eigenvalue weighted by atomic mass is 10.5. The van der Waals surface area contributed by atoms with E-state index < -0.39 is 5.97 Å². The van der Waals surface area contributed by atoms with Gasteiger partial charge in [-0.05, 0) is 0 Å². The summed E-state index contributed by atoms with van der Waals surface area (Å²) in [6.45, 7) is 15.7. The molecule has 0 N–H and O–H groups in total. The molecule has 0 heterocycles. The summed E-state index contributed by atoms with van der Waals surface area (Å²) in [5.41, 5.74) is 0. The van der Waals surface area contributed by atoms with Crippen LogP contribution in [-0.2, 0) is 18.9 Å². The molecule has 4 heteroatoms. The second-order valence-corrected chi connectivity index (χ2v) is 3.29. The van der Waals surface area contributed by atoms with Crippen molar-refractivity contribution in [3.8, 4) is 0 Å². The highest BCUT2D eigenvalue weighted by molar-refractivity contribution is 4.74. The van der Waals surface area contributed by atoms with Gasteiger partial charge in [0.25, 0.3) is 0 Å². The van der Waals surface area contributed by atoms with Crippen molar-refractivity contribution in [2.75, 3.05) is 33.0 Å². The summed E-state index contributed by atoms with van der Waals surface area (Å²) in [4.78, 5) is 0. The van der Waals surface area contributed by atoms with Gasteiger partial charge in [0.15, 0.2) is 0 Å². The number of hydrogen-bond donors (Lipinski definition) is 0. The van der Waals surface area contributed by atoms with Gasteiger partial charge in [-0.2, -0.15) is 0 Å². The van der Waals surface area contributed by atoms with Crippen LogP contribution in [-0.4, -0.2) is 39.0 Å². The van der Waals surface area contributed by atoms with E-state index in [4.69, 9.17) is 18.9 Å². The van der Waals surface area contributed by atoms with Crippen molar-refractivity contribution in [3.05, 3.63) is 50.6 Å². The van der Waals surface area contributed by atoms with Gasteiger partial charge in [-0.25, -0.2) is 0 Å². The third kappa shape index (κ3) is 7.19. The van der Waals surface area contributed by atoms with Gasteiger partial charge in [-0.15, -0.1) is 26.3 Å². The highest BCUT2D eigenvalue weighted by atomic mass is 16.9. The summed E-state index contributed by atoms with van der Waals surface area (Å²) < 4.78 is 21.9. The van der Waals surface area contributed by atoms with Crippen LogP contribution in [0.4, 0.5) is 0 Å². The molecule has 0 saturated carbocycles. The summed E-state index contributed by atoms with van der Waals surface area (Å²) in [5.74, 6) is -1.28. The minimum atomic E-state index is -1.28. The molecule has 0 aliphatic carbocycles. The lowest BCUT2D eigenvalue weighted by molar-refractivity contribution is -0.384. The zero-order chi connectivity index (χ0) is 13.7. The molecule has 18 heavy (non-hydrogen) atoms. The number of rotatable bonds is 13. The van der Waals surface area contributed by atoms with Gasteiger partial charge in [0, 0.05) is 0 Å². The molecule has 0 aliphatic rings. The number of hydrogen-bond acceptors (Lipinski definition) is 4. The first kappa shape index (κ1) is 16.8. The van der Waals surface area contributed by atoms with Crippen LogP contribution in [0.2, 0.25) is 0 Å². The van der Waals surface area contributed by atoms with E-state index >= 15 is 0 Å². The molecule has 0 amide bonds. The molecule has 0 radical (unpaired) electrons. The Balaban J connectivity index is 4.59. The largest absolute Gasteiger partial charge is 0.369 e. The molecule has 0 saturated heterocycles.